The molecule has 1 heterocycles. The molecule has 0 aromatic carbocycles. The molecule has 3 heteroatoms. The summed E-state index contributed by atoms with van der Waals surface area (Å²) in [6.45, 7) is 2.27. The summed E-state index contributed by atoms with van der Waals surface area (Å²) in [6.07, 6.45) is 15.0. The highest BCUT2D eigenvalue weighted by Gasteiger charge is 2.06. The number of thiocarbonyl (C=S) groups is 1. The van der Waals surface area contributed by atoms with Gasteiger partial charge in [0, 0.05) is 0 Å². The normalized spacial score (nSPS) is 10.8. The Kier molecular flexibility index (Phi) is 9.94. The smallest absolute Gasteiger partial charge is 0.114 e. The average molecular weight is 312 g/mol. The predicted octanol–water partition coefficient (Wildman–Crippen LogP) is 5.85. The van der Waals surface area contributed by atoms with Crippen LogP contribution in [-0.4, -0.2) is 4.99 Å². The number of hydrogen-bond acceptors (Lipinski definition) is 2. The number of unbranched alkanes of at least 4 members (excludes halogenated alkanes) is 9. The second-order valence-electron chi connectivity index (χ2n) is 5.57. The molecule has 0 saturated carbocycles. The molecule has 1 nitrogen and oxygen atoms in total. The monoisotopic (exact) mass is 311 g/mol. The lowest BCUT2D eigenvalue weighted by atomic mass is 10.0. The van der Waals surface area contributed by atoms with Gasteiger partial charge in [0.1, 0.15) is 4.99 Å². The van der Waals surface area contributed by atoms with E-state index >= 15 is 0 Å². The number of hydrogen-bond donors (Lipinski definition) is 1. The fraction of sp³-hybridized carbons (Fsp3) is 0.706. The highest BCUT2D eigenvalue weighted by molar-refractivity contribution is 7.81. The number of aryl methyl sites for hydroxylation is 1. The molecule has 0 unspecified atom stereocenters. The van der Waals surface area contributed by atoms with Gasteiger partial charge in [-0.3, -0.25) is 0 Å². The molecular weight excluding hydrogens is 282 g/mol. The topological polar surface area (TPSA) is 26.0 Å². The summed E-state index contributed by atoms with van der Waals surface area (Å²) in [5.74, 6) is 0. The maximum Gasteiger partial charge on any atom is 0.114 e. The van der Waals surface area contributed by atoms with E-state index in [4.69, 9.17) is 18.0 Å². The van der Waals surface area contributed by atoms with Crippen LogP contribution < -0.4 is 5.73 Å². The first-order valence-corrected chi connectivity index (χ1v) is 9.40. The van der Waals surface area contributed by atoms with E-state index < -0.39 is 0 Å². The zero-order chi connectivity index (χ0) is 14.6. The first-order chi connectivity index (χ1) is 9.75. The number of nitrogens with two attached hydrogens (primary N) is 1. The van der Waals surface area contributed by atoms with Crippen molar-refractivity contribution in [2.24, 2.45) is 5.73 Å². The molecule has 0 spiro atoms. The van der Waals surface area contributed by atoms with Gasteiger partial charge in [0.15, 0.2) is 0 Å². The van der Waals surface area contributed by atoms with E-state index in [9.17, 15) is 0 Å². The number of thiophene rings is 1. The zero-order valence-electron chi connectivity index (χ0n) is 12.8. The summed E-state index contributed by atoms with van der Waals surface area (Å²) in [7, 11) is 0. The van der Waals surface area contributed by atoms with Gasteiger partial charge in [-0.2, -0.15) is 0 Å². The molecule has 1 aromatic heterocycles. The molecule has 0 aliphatic heterocycles. The van der Waals surface area contributed by atoms with Gasteiger partial charge < -0.3 is 5.73 Å². The molecule has 0 atom stereocenters. The van der Waals surface area contributed by atoms with Crippen molar-refractivity contribution < 1.29 is 0 Å². The molecule has 2 N–H and O–H groups in total. The Bertz CT molecular complexity index is 371. The van der Waals surface area contributed by atoms with Crippen molar-refractivity contribution in [2.45, 2.75) is 77.6 Å². The van der Waals surface area contributed by atoms with Crippen molar-refractivity contribution in [3.8, 4) is 0 Å². The zero-order valence-corrected chi connectivity index (χ0v) is 14.5. The third-order valence-corrected chi connectivity index (χ3v) is 5.09. The van der Waals surface area contributed by atoms with E-state index in [2.05, 4.69) is 18.4 Å². The maximum absolute atomic E-state index is 5.72. The Morgan fingerprint density at radius 3 is 2.10 bits per heavy atom. The molecule has 0 radical (unpaired) electrons. The van der Waals surface area contributed by atoms with E-state index in [0.717, 1.165) is 11.3 Å². The van der Waals surface area contributed by atoms with Crippen LogP contribution in [0.4, 0.5) is 0 Å². The second-order valence-corrected chi connectivity index (χ2v) is 6.93. The van der Waals surface area contributed by atoms with Crippen LogP contribution in [0.2, 0.25) is 0 Å². The van der Waals surface area contributed by atoms with Crippen molar-refractivity contribution in [2.75, 3.05) is 0 Å². The van der Waals surface area contributed by atoms with Crippen molar-refractivity contribution in [3.63, 3.8) is 0 Å². The molecule has 0 aliphatic carbocycles. The van der Waals surface area contributed by atoms with Gasteiger partial charge in [-0.05, 0) is 29.9 Å². The first kappa shape index (κ1) is 17.6. The van der Waals surface area contributed by atoms with Crippen LogP contribution in [0.15, 0.2) is 11.4 Å². The average Bonchev–Trinajstić information content (AvgIpc) is 2.89. The second kappa shape index (κ2) is 11.3. The van der Waals surface area contributed by atoms with Crippen LogP contribution in [0.5, 0.6) is 0 Å². The molecule has 1 rings (SSSR count). The lowest BCUT2D eigenvalue weighted by Crippen LogP contribution is -2.09. The molecule has 0 saturated heterocycles. The fourth-order valence-corrected chi connectivity index (χ4v) is 3.63. The van der Waals surface area contributed by atoms with Crippen LogP contribution >= 0.6 is 23.6 Å². The highest BCUT2D eigenvalue weighted by Crippen LogP contribution is 2.19. The predicted molar refractivity (Wildman–Crippen MR) is 95.8 cm³/mol. The van der Waals surface area contributed by atoms with E-state index in [0.29, 0.717) is 4.99 Å². The Hall–Kier alpha value is -0.410. The Labute approximate surface area is 134 Å². The molecule has 0 amide bonds. The van der Waals surface area contributed by atoms with Gasteiger partial charge in [0.05, 0.1) is 4.88 Å². The largest absolute Gasteiger partial charge is 0.389 e. The molecule has 20 heavy (non-hydrogen) atoms. The first-order valence-electron chi connectivity index (χ1n) is 8.12. The Morgan fingerprint density at radius 2 is 1.55 bits per heavy atom. The van der Waals surface area contributed by atoms with Gasteiger partial charge >= 0.3 is 0 Å². The molecular formula is C17H29NS2. The summed E-state index contributed by atoms with van der Waals surface area (Å²) < 4.78 is 0. The van der Waals surface area contributed by atoms with Gasteiger partial charge in [0.25, 0.3) is 0 Å². The molecule has 114 valence electrons. The Morgan fingerprint density at radius 1 is 1.00 bits per heavy atom. The van der Waals surface area contributed by atoms with Crippen LogP contribution in [0.25, 0.3) is 0 Å². The summed E-state index contributed by atoms with van der Waals surface area (Å²) in [6, 6.07) is 2.17. The SMILES string of the molecule is CCCCCCCCCCCCc1ccsc1C(N)=S. The highest BCUT2D eigenvalue weighted by atomic mass is 32.1. The van der Waals surface area contributed by atoms with Crippen molar-refractivity contribution in [1.29, 1.82) is 0 Å². The van der Waals surface area contributed by atoms with E-state index in [1.54, 1.807) is 11.3 Å². The van der Waals surface area contributed by atoms with E-state index in [-0.39, 0.29) is 0 Å². The summed E-state index contributed by atoms with van der Waals surface area (Å²) in [5, 5.41) is 2.10. The van der Waals surface area contributed by atoms with E-state index in [1.807, 2.05) is 0 Å². The van der Waals surface area contributed by atoms with Gasteiger partial charge in [-0.1, -0.05) is 76.9 Å². The minimum atomic E-state index is 0.557. The minimum Gasteiger partial charge on any atom is -0.389 e. The summed E-state index contributed by atoms with van der Waals surface area (Å²) >= 11 is 6.74. The maximum atomic E-state index is 5.72. The van der Waals surface area contributed by atoms with Crippen molar-refractivity contribution in [1.82, 2.24) is 0 Å². The van der Waals surface area contributed by atoms with Crippen LogP contribution in [-0.2, 0) is 6.42 Å². The molecule has 0 aliphatic rings. The van der Waals surface area contributed by atoms with Crippen molar-refractivity contribution in [3.05, 3.63) is 21.9 Å². The van der Waals surface area contributed by atoms with Gasteiger partial charge in [-0.25, -0.2) is 0 Å². The third kappa shape index (κ3) is 7.39. The van der Waals surface area contributed by atoms with Gasteiger partial charge in [-0.15, -0.1) is 11.3 Å². The third-order valence-electron chi connectivity index (χ3n) is 3.77. The lowest BCUT2D eigenvalue weighted by Gasteiger charge is -2.03. The molecule has 1 aromatic rings. The quantitative estimate of drug-likeness (QED) is 0.387. The minimum absolute atomic E-state index is 0.557. The fourth-order valence-electron chi connectivity index (χ4n) is 2.55. The van der Waals surface area contributed by atoms with Crippen molar-refractivity contribution >= 4 is 28.5 Å². The van der Waals surface area contributed by atoms with Gasteiger partial charge in [0.2, 0.25) is 0 Å². The molecule has 0 fully saturated rings. The molecule has 0 bridgehead atoms. The summed E-state index contributed by atoms with van der Waals surface area (Å²) in [4.78, 5) is 1.68. The summed E-state index contributed by atoms with van der Waals surface area (Å²) in [5.41, 5.74) is 7.07. The van der Waals surface area contributed by atoms with Crippen LogP contribution in [0.1, 0.15) is 81.6 Å². The van der Waals surface area contributed by atoms with E-state index in [1.165, 1.54) is 69.8 Å². The van der Waals surface area contributed by atoms with Crippen LogP contribution in [0, 0.1) is 0 Å². The van der Waals surface area contributed by atoms with Crippen LogP contribution in [0.3, 0.4) is 0 Å². The number of rotatable bonds is 12. The Balaban J connectivity index is 1.97. The lowest BCUT2D eigenvalue weighted by molar-refractivity contribution is 0.556. The standard InChI is InChI=1S/C17H29NS2/c1-2-3-4-5-6-7-8-9-10-11-12-15-13-14-20-16(15)17(18)19/h13-14H,2-12H2,1H3,(H2,18,19).